The molecule has 0 heterocycles. The van der Waals surface area contributed by atoms with Crippen LogP contribution in [0.4, 0.5) is 0 Å². The Labute approximate surface area is 108 Å². The quantitative estimate of drug-likeness (QED) is 0.690. The zero-order valence-corrected chi connectivity index (χ0v) is 11.1. The summed E-state index contributed by atoms with van der Waals surface area (Å²) in [4.78, 5) is 19.6. The second-order valence-corrected chi connectivity index (χ2v) is 3.73. The molecule has 0 aliphatic heterocycles. The average Bonchev–Trinajstić information content (AvgIpc) is 2.18. The fraction of sp³-hybridized carbons (Fsp3) is 0.273. The lowest BCUT2D eigenvalue weighted by Gasteiger charge is -1.95. The van der Waals surface area contributed by atoms with Crippen molar-refractivity contribution in [3.63, 3.8) is 0 Å². The number of aliphatic hydroxyl groups is 1. The Bertz CT molecular complexity index is 347. The van der Waals surface area contributed by atoms with Crippen LogP contribution in [0.2, 0.25) is 0 Å². The summed E-state index contributed by atoms with van der Waals surface area (Å²) in [6, 6.07) is 5.81. The zero-order chi connectivity index (χ0) is 13.8. The molecule has 1 rings (SSSR count). The van der Waals surface area contributed by atoms with Gasteiger partial charge in [-0.05, 0) is 35.0 Å². The third-order valence-electron chi connectivity index (χ3n) is 1.13. The number of hydrogen-bond donors (Lipinski definition) is 3. The fourth-order valence-electron chi connectivity index (χ4n) is 0.654. The molecule has 0 spiro atoms. The molecule has 0 radical (unpaired) electrons. The second-order valence-electron chi connectivity index (χ2n) is 2.61. The molecule has 0 saturated heterocycles. The normalized spacial score (nSPS) is 8.00. The van der Waals surface area contributed by atoms with Gasteiger partial charge in [0, 0.05) is 13.5 Å². The molecule has 0 bridgehead atoms. The largest absolute Gasteiger partial charge is 0.507 e. The molecule has 5 nitrogen and oxygen atoms in total. The number of carbonyl (C=O) groups excluding carboxylic acids is 1. The predicted molar refractivity (Wildman–Crippen MR) is 67.4 cm³/mol. The summed E-state index contributed by atoms with van der Waals surface area (Å²) in [5, 5.41) is 24.9. The van der Waals surface area contributed by atoms with E-state index < -0.39 is 5.97 Å². The van der Waals surface area contributed by atoms with Gasteiger partial charge in [-0.25, -0.2) is 4.79 Å². The summed E-state index contributed by atoms with van der Waals surface area (Å²) < 4.78 is -0.0208. The number of rotatable bonds is 1. The van der Waals surface area contributed by atoms with E-state index in [1.54, 1.807) is 19.1 Å². The van der Waals surface area contributed by atoms with Crippen LogP contribution in [0.5, 0.6) is 5.75 Å². The molecule has 0 aliphatic carbocycles. The van der Waals surface area contributed by atoms with Gasteiger partial charge in [0.15, 0.2) is 4.69 Å². The summed E-state index contributed by atoms with van der Waals surface area (Å²) in [6.07, 6.45) is 0. The van der Waals surface area contributed by atoms with Crippen LogP contribution < -0.4 is 0 Å². The number of carbonyl (C=O) groups is 2. The van der Waals surface area contributed by atoms with E-state index in [2.05, 4.69) is 15.9 Å². The third kappa shape index (κ3) is 12.5. The first kappa shape index (κ1) is 18.0. The minimum absolute atomic E-state index is 0.0208. The number of benzene rings is 1. The summed E-state index contributed by atoms with van der Waals surface area (Å²) in [5.74, 6) is -1.31. The number of phenols is 1. The molecule has 6 heteroatoms. The molecule has 0 fully saturated rings. The van der Waals surface area contributed by atoms with Crippen LogP contribution in [0, 0.1) is 0 Å². The van der Waals surface area contributed by atoms with Crippen LogP contribution >= 0.6 is 15.9 Å². The number of para-hydroxylation sites is 1. The van der Waals surface area contributed by atoms with Crippen LogP contribution in [0.3, 0.4) is 0 Å². The lowest BCUT2D eigenvalue weighted by Crippen LogP contribution is -1.95. The summed E-state index contributed by atoms with van der Waals surface area (Å²) in [5.41, 5.74) is -0.0671. The monoisotopic (exact) mass is 306 g/mol. The number of hydrogen-bond acceptors (Lipinski definition) is 4. The molecule has 17 heavy (non-hydrogen) atoms. The summed E-state index contributed by atoms with van der Waals surface area (Å²) in [7, 11) is 0. The Hall–Kier alpha value is -1.40. The van der Waals surface area contributed by atoms with E-state index in [1.807, 2.05) is 0 Å². The molecule has 3 N–H and O–H groups in total. The molecular weight excluding hydrogens is 292 g/mol. The number of carboxylic acid groups (broad SMARTS) is 1. The van der Waals surface area contributed by atoms with Gasteiger partial charge in [-0.3, -0.25) is 4.79 Å². The zero-order valence-electron chi connectivity index (χ0n) is 9.55. The molecule has 0 unspecified atom stereocenters. The van der Waals surface area contributed by atoms with Crippen LogP contribution in [0.1, 0.15) is 24.2 Å². The van der Waals surface area contributed by atoms with Gasteiger partial charge in [0.2, 0.25) is 0 Å². The standard InChI is InChI=1S/C7H6O3.C2H3BrO.C2H6O/c8-6-4-2-1-3-5(6)7(9)10;1-2(3)4;1-2-3/h1-4,8H,(H,9,10);1H3;3H,2H2,1H3. The van der Waals surface area contributed by atoms with Crippen molar-refractivity contribution in [2.45, 2.75) is 13.8 Å². The first-order valence-electron chi connectivity index (χ1n) is 4.65. The van der Waals surface area contributed by atoms with E-state index in [0.29, 0.717) is 0 Å². The highest BCUT2D eigenvalue weighted by molar-refractivity contribution is 9.18. The third-order valence-corrected chi connectivity index (χ3v) is 1.13. The molecule has 0 atom stereocenters. The topological polar surface area (TPSA) is 94.8 Å². The van der Waals surface area contributed by atoms with Crippen molar-refractivity contribution in [1.29, 1.82) is 0 Å². The Morgan fingerprint density at radius 1 is 1.29 bits per heavy atom. The Balaban J connectivity index is 0. The van der Waals surface area contributed by atoms with Gasteiger partial charge in [0.05, 0.1) is 0 Å². The SMILES string of the molecule is CC(=O)Br.CCO.O=C(O)c1ccccc1O. The Kier molecular flexibility index (Phi) is 11.7. The van der Waals surface area contributed by atoms with E-state index in [0.717, 1.165) is 0 Å². The summed E-state index contributed by atoms with van der Waals surface area (Å²) in [6.45, 7) is 3.38. The predicted octanol–water partition coefficient (Wildman–Crippen LogP) is 2.02. The van der Waals surface area contributed by atoms with Crippen LogP contribution in [0.25, 0.3) is 0 Å². The number of halogens is 1. The summed E-state index contributed by atoms with van der Waals surface area (Å²) >= 11 is 2.63. The van der Waals surface area contributed by atoms with Gasteiger partial charge in [0.1, 0.15) is 11.3 Å². The van der Waals surface area contributed by atoms with Crippen molar-refractivity contribution >= 4 is 26.6 Å². The molecule has 0 aliphatic rings. The van der Waals surface area contributed by atoms with Gasteiger partial charge in [-0.2, -0.15) is 0 Å². The number of aromatic carboxylic acids is 1. The molecule has 96 valence electrons. The average molecular weight is 307 g/mol. The molecule has 0 aromatic heterocycles. The van der Waals surface area contributed by atoms with Gasteiger partial charge >= 0.3 is 5.97 Å². The van der Waals surface area contributed by atoms with Gasteiger partial charge < -0.3 is 15.3 Å². The lowest BCUT2D eigenvalue weighted by molar-refractivity contribution is -0.108. The van der Waals surface area contributed by atoms with Crippen molar-refractivity contribution in [3.8, 4) is 5.75 Å². The van der Waals surface area contributed by atoms with E-state index in [-0.39, 0.29) is 22.6 Å². The lowest BCUT2D eigenvalue weighted by atomic mass is 10.2. The number of aliphatic hydroxyl groups excluding tert-OH is 1. The molecule has 0 saturated carbocycles. The first-order valence-corrected chi connectivity index (χ1v) is 5.44. The van der Waals surface area contributed by atoms with Crippen molar-refractivity contribution in [2.24, 2.45) is 0 Å². The minimum Gasteiger partial charge on any atom is -0.507 e. The van der Waals surface area contributed by atoms with Crippen LogP contribution in [-0.2, 0) is 4.79 Å². The highest BCUT2D eigenvalue weighted by Gasteiger charge is 2.05. The highest BCUT2D eigenvalue weighted by Crippen LogP contribution is 2.14. The minimum atomic E-state index is -1.11. The maximum Gasteiger partial charge on any atom is 0.339 e. The first-order chi connectivity index (χ1) is 7.86. The van der Waals surface area contributed by atoms with Gasteiger partial charge in [0.25, 0.3) is 0 Å². The maximum atomic E-state index is 10.3. The van der Waals surface area contributed by atoms with Crippen LogP contribution in [0.15, 0.2) is 24.3 Å². The van der Waals surface area contributed by atoms with Crippen LogP contribution in [-0.4, -0.2) is 32.6 Å². The molecule has 0 amide bonds. The van der Waals surface area contributed by atoms with E-state index in [1.165, 1.54) is 19.1 Å². The molecular formula is C11H15BrO5. The maximum absolute atomic E-state index is 10.3. The van der Waals surface area contributed by atoms with Crippen molar-refractivity contribution in [2.75, 3.05) is 6.61 Å². The van der Waals surface area contributed by atoms with E-state index in [4.69, 9.17) is 15.3 Å². The highest BCUT2D eigenvalue weighted by atomic mass is 79.9. The van der Waals surface area contributed by atoms with E-state index in [9.17, 15) is 9.59 Å². The van der Waals surface area contributed by atoms with Crippen molar-refractivity contribution in [1.82, 2.24) is 0 Å². The molecule has 1 aromatic rings. The van der Waals surface area contributed by atoms with E-state index >= 15 is 0 Å². The fourth-order valence-corrected chi connectivity index (χ4v) is 0.654. The van der Waals surface area contributed by atoms with Crippen molar-refractivity contribution < 1.29 is 24.9 Å². The number of carboxylic acids is 1. The molecule has 1 aromatic carbocycles. The van der Waals surface area contributed by atoms with Gasteiger partial charge in [-0.15, -0.1) is 0 Å². The Morgan fingerprint density at radius 3 is 1.88 bits per heavy atom. The second kappa shape index (κ2) is 11.1. The van der Waals surface area contributed by atoms with Gasteiger partial charge in [-0.1, -0.05) is 12.1 Å². The number of aromatic hydroxyl groups is 1. The smallest absolute Gasteiger partial charge is 0.339 e. The van der Waals surface area contributed by atoms with Crippen molar-refractivity contribution in [3.05, 3.63) is 29.8 Å². The Morgan fingerprint density at radius 2 is 1.65 bits per heavy atom.